The van der Waals surface area contributed by atoms with Crippen LogP contribution in [0.5, 0.6) is 0 Å². The molecule has 1 atom stereocenters. The van der Waals surface area contributed by atoms with E-state index in [1.165, 1.54) is 19.4 Å². The Labute approximate surface area is 145 Å². The highest BCUT2D eigenvalue weighted by Gasteiger charge is 2.34. The largest absolute Gasteiger partial charge is 0.444 e. The Morgan fingerprint density at radius 3 is 2.58 bits per heavy atom. The van der Waals surface area contributed by atoms with E-state index >= 15 is 0 Å². The van der Waals surface area contributed by atoms with Gasteiger partial charge in [-0.3, -0.25) is 4.99 Å². The van der Waals surface area contributed by atoms with Crippen LogP contribution in [0.25, 0.3) is 0 Å². The van der Waals surface area contributed by atoms with E-state index in [1.807, 2.05) is 20.8 Å². The molecular formula is C17H33N5O2. The minimum Gasteiger partial charge on any atom is -0.444 e. The first-order valence-electron chi connectivity index (χ1n) is 8.90. The van der Waals surface area contributed by atoms with Crippen LogP contribution in [-0.4, -0.2) is 80.3 Å². The fourth-order valence-corrected chi connectivity index (χ4v) is 3.11. The number of nitrogens with one attached hydrogen (secondary N) is 2. The minimum atomic E-state index is -0.444. The van der Waals surface area contributed by atoms with Crippen LogP contribution in [0, 0.1) is 5.92 Å². The second-order valence-corrected chi connectivity index (χ2v) is 7.95. The Bertz CT molecular complexity index is 454. The van der Waals surface area contributed by atoms with Gasteiger partial charge in [0.1, 0.15) is 5.60 Å². The highest BCUT2D eigenvalue weighted by molar-refractivity contribution is 5.80. The Morgan fingerprint density at radius 2 is 2.00 bits per heavy atom. The highest BCUT2D eigenvalue weighted by atomic mass is 16.6. The maximum Gasteiger partial charge on any atom is 0.410 e. The summed E-state index contributed by atoms with van der Waals surface area (Å²) in [5.41, 5.74) is -0.444. The molecule has 0 bridgehead atoms. The predicted octanol–water partition coefficient (Wildman–Crippen LogP) is 1.11. The third-order valence-electron chi connectivity index (χ3n) is 4.38. The van der Waals surface area contributed by atoms with E-state index in [9.17, 15) is 4.79 Å². The quantitative estimate of drug-likeness (QED) is 0.595. The maximum absolute atomic E-state index is 11.9. The van der Waals surface area contributed by atoms with Crippen LogP contribution in [0.4, 0.5) is 4.79 Å². The standard InChI is InChI=1S/C17H33N5O2/c1-17(2,3)24-16(23)22-11-14(12-22)20-15(18-4)19-9-13-7-6-8-21(5)10-13/h13-14H,6-12H2,1-5H3,(H2,18,19,20). The second-order valence-electron chi connectivity index (χ2n) is 7.95. The van der Waals surface area contributed by atoms with E-state index in [-0.39, 0.29) is 12.1 Å². The molecule has 0 aromatic heterocycles. The summed E-state index contributed by atoms with van der Waals surface area (Å²) in [6, 6.07) is 0.234. The van der Waals surface area contributed by atoms with E-state index in [1.54, 1.807) is 11.9 Å². The van der Waals surface area contributed by atoms with Gasteiger partial charge in [-0.15, -0.1) is 0 Å². The Balaban J connectivity index is 1.67. The van der Waals surface area contributed by atoms with E-state index < -0.39 is 5.60 Å². The fourth-order valence-electron chi connectivity index (χ4n) is 3.11. The number of carbonyl (C=O) groups excluding carboxylic acids is 1. The predicted molar refractivity (Wildman–Crippen MR) is 96.3 cm³/mol. The van der Waals surface area contributed by atoms with Crippen molar-refractivity contribution in [3.05, 3.63) is 0 Å². The molecule has 0 spiro atoms. The molecule has 0 radical (unpaired) electrons. The van der Waals surface area contributed by atoms with Gasteiger partial charge in [0, 0.05) is 33.2 Å². The molecule has 2 aliphatic rings. The monoisotopic (exact) mass is 339 g/mol. The molecule has 0 aromatic carbocycles. The molecule has 1 unspecified atom stereocenters. The first kappa shape index (κ1) is 18.8. The summed E-state index contributed by atoms with van der Waals surface area (Å²) in [4.78, 5) is 20.3. The highest BCUT2D eigenvalue weighted by Crippen LogP contribution is 2.16. The van der Waals surface area contributed by atoms with E-state index in [2.05, 4.69) is 27.6 Å². The van der Waals surface area contributed by atoms with Crippen molar-refractivity contribution in [1.29, 1.82) is 0 Å². The van der Waals surface area contributed by atoms with Crippen LogP contribution in [0.2, 0.25) is 0 Å². The summed E-state index contributed by atoms with van der Waals surface area (Å²) in [5, 5.41) is 6.80. The Morgan fingerprint density at radius 1 is 1.29 bits per heavy atom. The normalized spacial score (nSPS) is 23.6. The summed E-state index contributed by atoms with van der Waals surface area (Å²) in [5.74, 6) is 1.49. The SMILES string of the molecule is CN=C(NCC1CCCN(C)C1)NC1CN(C(=O)OC(C)(C)C)C1. The molecule has 24 heavy (non-hydrogen) atoms. The van der Waals surface area contributed by atoms with E-state index in [0.717, 1.165) is 19.0 Å². The molecule has 2 rings (SSSR count). The van der Waals surface area contributed by atoms with Crippen LogP contribution in [0.1, 0.15) is 33.6 Å². The summed E-state index contributed by atoms with van der Waals surface area (Å²) >= 11 is 0. The van der Waals surface area contributed by atoms with E-state index in [0.29, 0.717) is 19.0 Å². The summed E-state index contributed by atoms with van der Waals surface area (Å²) in [6.45, 7) is 10.2. The van der Waals surface area contributed by atoms with Crippen molar-refractivity contribution < 1.29 is 9.53 Å². The lowest BCUT2D eigenvalue weighted by Gasteiger charge is -2.40. The number of carbonyl (C=O) groups is 1. The van der Waals surface area contributed by atoms with Crippen molar-refractivity contribution >= 4 is 12.1 Å². The number of guanidine groups is 1. The molecular weight excluding hydrogens is 306 g/mol. The van der Waals surface area contributed by atoms with Gasteiger partial charge in [0.2, 0.25) is 0 Å². The average molecular weight is 339 g/mol. The lowest BCUT2D eigenvalue weighted by Crippen LogP contribution is -2.63. The molecule has 0 aliphatic carbocycles. The molecule has 138 valence electrons. The molecule has 7 nitrogen and oxygen atoms in total. The third-order valence-corrected chi connectivity index (χ3v) is 4.38. The molecule has 7 heteroatoms. The number of piperidine rings is 1. The number of rotatable bonds is 3. The van der Waals surface area contributed by atoms with Crippen LogP contribution in [-0.2, 0) is 4.74 Å². The zero-order chi connectivity index (χ0) is 17.7. The van der Waals surface area contributed by atoms with Crippen molar-refractivity contribution in [2.45, 2.75) is 45.3 Å². The van der Waals surface area contributed by atoms with E-state index in [4.69, 9.17) is 4.74 Å². The van der Waals surface area contributed by atoms with Gasteiger partial charge in [0.15, 0.2) is 5.96 Å². The van der Waals surface area contributed by atoms with Gasteiger partial charge in [0.25, 0.3) is 0 Å². The topological polar surface area (TPSA) is 69.2 Å². The lowest BCUT2D eigenvalue weighted by molar-refractivity contribution is 0.00700. The maximum atomic E-state index is 11.9. The van der Waals surface area contributed by atoms with Gasteiger partial charge in [-0.2, -0.15) is 0 Å². The van der Waals surface area contributed by atoms with Gasteiger partial charge in [-0.25, -0.2) is 4.79 Å². The molecule has 2 fully saturated rings. The Kier molecular flexibility index (Phi) is 6.32. The van der Waals surface area contributed by atoms with Crippen LogP contribution < -0.4 is 10.6 Å². The molecule has 2 heterocycles. The van der Waals surface area contributed by atoms with Gasteiger partial charge in [0.05, 0.1) is 6.04 Å². The molecule has 2 N–H and O–H groups in total. The van der Waals surface area contributed by atoms with Crippen LogP contribution in [0.15, 0.2) is 4.99 Å². The zero-order valence-corrected chi connectivity index (χ0v) is 15.8. The van der Waals surface area contributed by atoms with Crippen molar-refractivity contribution in [2.75, 3.05) is 46.8 Å². The molecule has 0 saturated carbocycles. The minimum absolute atomic E-state index is 0.234. The molecule has 1 amide bonds. The van der Waals surface area contributed by atoms with Gasteiger partial charge in [-0.1, -0.05) is 0 Å². The fraction of sp³-hybridized carbons (Fsp3) is 0.882. The zero-order valence-electron chi connectivity index (χ0n) is 15.8. The van der Waals surface area contributed by atoms with Crippen LogP contribution >= 0.6 is 0 Å². The molecule has 2 aliphatic heterocycles. The number of ether oxygens (including phenoxy) is 1. The first-order valence-corrected chi connectivity index (χ1v) is 8.90. The summed E-state index contributed by atoms with van der Waals surface area (Å²) in [7, 11) is 3.96. The number of amides is 1. The van der Waals surface area contributed by atoms with Crippen molar-refractivity contribution in [3.63, 3.8) is 0 Å². The van der Waals surface area contributed by atoms with Crippen molar-refractivity contribution in [3.8, 4) is 0 Å². The summed E-state index contributed by atoms with van der Waals surface area (Å²) < 4.78 is 5.37. The average Bonchev–Trinajstić information content (AvgIpc) is 2.43. The number of hydrogen-bond donors (Lipinski definition) is 2. The van der Waals surface area contributed by atoms with Crippen molar-refractivity contribution in [2.24, 2.45) is 10.9 Å². The van der Waals surface area contributed by atoms with Gasteiger partial charge in [-0.05, 0) is 53.1 Å². The summed E-state index contributed by atoms with van der Waals surface area (Å²) in [6.07, 6.45) is 2.29. The van der Waals surface area contributed by atoms with Crippen molar-refractivity contribution in [1.82, 2.24) is 20.4 Å². The number of aliphatic imine (C=N–C) groups is 1. The second kappa shape index (κ2) is 8.05. The number of hydrogen-bond acceptors (Lipinski definition) is 4. The van der Waals surface area contributed by atoms with Crippen LogP contribution in [0.3, 0.4) is 0 Å². The Hall–Kier alpha value is -1.50. The van der Waals surface area contributed by atoms with Gasteiger partial charge >= 0.3 is 6.09 Å². The lowest BCUT2D eigenvalue weighted by atomic mass is 9.98. The number of likely N-dealkylation sites (tertiary alicyclic amines) is 2. The smallest absolute Gasteiger partial charge is 0.410 e. The number of nitrogens with zero attached hydrogens (tertiary/aromatic N) is 3. The van der Waals surface area contributed by atoms with Gasteiger partial charge < -0.3 is 25.2 Å². The first-order chi connectivity index (χ1) is 11.3. The molecule has 2 saturated heterocycles. The molecule has 0 aromatic rings. The third kappa shape index (κ3) is 5.85.